The normalized spacial score (nSPS) is 10.6. The van der Waals surface area contributed by atoms with Crippen LogP contribution < -0.4 is 4.72 Å². The van der Waals surface area contributed by atoms with Crippen LogP contribution in [0.1, 0.15) is 6.92 Å². The molecule has 0 aromatic heterocycles. The van der Waals surface area contributed by atoms with Gasteiger partial charge in [0.1, 0.15) is 0 Å². The van der Waals surface area contributed by atoms with Gasteiger partial charge in [-0.3, -0.25) is 4.55 Å². The predicted octanol–water partition coefficient (Wildman–Crippen LogP) is -0.465. The molecule has 0 fully saturated rings. The van der Waals surface area contributed by atoms with Gasteiger partial charge in [0.05, 0.1) is 6.61 Å². The molecule has 0 heterocycles. The van der Waals surface area contributed by atoms with E-state index in [9.17, 15) is 13.2 Å². The molecule has 0 saturated heterocycles. The highest BCUT2D eigenvalue weighted by molar-refractivity contribution is 7.84. The minimum absolute atomic E-state index is 0.0430. The lowest BCUT2D eigenvalue weighted by atomic mass is 10.9. The average molecular weight is 169 g/mol. The molecule has 0 saturated carbocycles. The van der Waals surface area contributed by atoms with E-state index in [4.69, 9.17) is 4.55 Å². The Hall–Kier alpha value is -0.820. The van der Waals surface area contributed by atoms with Crippen molar-refractivity contribution in [3.8, 4) is 0 Å². The lowest BCUT2D eigenvalue weighted by Gasteiger charge is -1.99. The molecule has 7 heteroatoms. The van der Waals surface area contributed by atoms with Gasteiger partial charge in [-0.1, -0.05) is 0 Å². The number of rotatable bonds is 2. The lowest BCUT2D eigenvalue weighted by Crippen LogP contribution is -2.30. The topological polar surface area (TPSA) is 92.7 Å². The van der Waals surface area contributed by atoms with E-state index in [1.807, 2.05) is 0 Å². The van der Waals surface area contributed by atoms with Crippen molar-refractivity contribution in [3.05, 3.63) is 0 Å². The molecule has 0 bridgehead atoms. The monoisotopic (exact) mass is 169 g/mol. The Kier molecular flexibility index (Phi) is 3.10. The van der Waals surface area contributed by atoms with Gasteiger partial charge in [-0.15, -0.1) is 0 Å². The largest absolute Gasteiger partial charge is 0.449 e. The highest BCUT2D eigenvalue weighted by Gasteiger charge is 2.09. The van der Waals surface area contributed by atoms with Crippen LogP contribution in [0.15, 0.2) is 0 Å². The van der Waals surface area contributed by atoms with Crippen LogP contribution in [0.2, 0.25) is 0 Å². The van der Waals surface area contributed by atoms with E-state index in [2.05, 4.69) is 4.74 Å². The van der Waals surface area contributed by atoms with E-state index in [1.165, 1.54) is 11.6 Å². The zero-order valence-electron chi connectivity index (χ0n) is 5.20. The summed E-state index contributed by atoms with van der Waals surface area (Å²) in [6, 6.07) is 0. The van der Waals surface area contributed by atoms with Crippen LogP contribution in [-0.4, -0.2) is 25.7 Å². The number of hydrogen-bond acceptors (Lipinski definition) is 4. The number of carbonyl (C=O) groups is 1. The number of amides is 1. The molecule has 0 unspecified atom stereocenters. The van der Waals surface area contributed by atoms with Gasteiger partial charge >= 0.3 is 16.4 Å². The van der Waals surface area contributed by atoms with Crippen molar-refractivity contribution in [1.82, 2.24) is 4.72 Å². The Morgan fingerprint density at radius 3 is 2.50 bits per heavy atom. The van der Waals surface area contributed by atoms with Crippen LogP contribution in [0.5, 0.6) is 0 Å². The lowest BCUT2D eigenvalue weighted by molar-refractivity contribution is 0.158. The summed E-state index contributed by atoms with van der Waals surface area (Å²) in [7, 11) is -4.47. The number of nitrogens with one attached hydrogen (secondary N) is 1. The first kappa shape index (κ1) is 9.18. The van der Waals surface area contributed by atoms with Crippen molar-refractivity contribution in [2.75, 3.05) is 6.61 Å². The molecule has 0 rings (SSSR count). The molecule has 0 aliphatic rings. The van der Waals surface area contributed by atoms with Gasteiger partial charge in [-0.2, -0.15) is 13.1 Å². The number of carbonyl (C=O) groups excluding carboxylic acids is 1. The maximum absolute atomic E-state index is 10.2. The second kappa shape index (κ2) is 3.37. The Labute approximate surface area is 58.1 Å². The molecule has 0 spiro atoms. The second-order valence-corrected chi connectivity index (χ2v) is 2.45. The zero-order valence-corrected chi connectivity index (χ0v) is 6.01. The van der Waals surface area contributed by atoms with E-state index >= 15 is 0 Å². The third kappa shape index (κ3) is 5.32. The smallest absolute Gasteiger partial charge is 0.422 e. The zero-order chi connectivity index (χ0) is 8.20. The third-order valence-electron chi connectivity index (χ3n) is 0.488. The molecule has 0 aromatic carbocycles. The highest BCUT2D eigenvalue weighted by Crippen LogP contribution is 1.79. The van der Waals surface area contributed by atoms with Crippen molar-refractivity contribution < 1.29 is 22.5 Å². The van der Waals surface area contributed by atoms with Crippen LogP contribution in [0.4, 0.5) is 4.79 Å². The Balaban J connectivity index is 3.82. The first-order chi connectivity index (χ1) is 4.45. The van der Waals surface area contributed by atoms with E-state index < -0.39 is 16.4 Å². The first-order valence-electron chi connectivity index (χ1n) is 2.37. The molecule has 1 amide bonds. The minimum Gasteiger partial charge on any atom is -0.449 e. The molecule has 0 aliphatic heterocycles. The van der Waals surface area contributed by atoms with E-state index in [0.717, 1.165) is 0 Å². The Morgan fingerprint density at radius 2 is 2.20 bits per heavy atom. The molecule has 6 nitrogen and oxygen atoms in total. The molecule has 0 radical (unpaired) electrons. The summed E-state index contributed by atoms with van der Waals surface area (Å²) in [5, 5.41) is 0. The maximum Gasteiger partial charge on any atom is 0.422 e. The fourth-order valence-electron chi connectivity index (χ4n) is 0.266. The van der Waals surface area contributed by atoms with Crippen molar-refractivity contribution in [2.45, 2.75) is 6.92 Å². The van der Waals surface area contributed by atoms with Crippen molar-refractivity contribution in [3.63, 3.8) is 0 Å². The average Bonchev–Trinajstić information content (AvgIpc) is 1.59. The highest BCUT2D eigenvalue weighted by atomic mass is 32.2. The van der Waals surface area contributed by atoms with Gasteiger partial charge in [-0.05, 0) is 6.92 Å². The molecule has 10 heavy (non-hydrogen) atoms. The van der Waals surface area contributed by atoms with Gasteiger partial charge < -0.3 is 4.74 Å². The molecular weight excluding hydrogens is 162 g/mol. The van der Waals surface area contributed by atoms with Crippen molar-refractivity contribution in [1.29, 1.82) is 0 Å². The van der Waals surface area contributed by atoms with Crippen LogP contribution >= 0.6 is 0 Å². The van der Waals surface area contributed by atoms with Crippen LogP contribution in [0.3, 0.4) is 0 Å². The van der Waals surface area contributed by atoms with E-state index in [1.54, 1.807) is 0 Å². The molecule has 0 atom stereocenters. The number of hydrogen-bond donors (Lipinski definition) is 2. The minimum atomic E-state index is -4.47. The molecule has 60 valence electrons. The van der Waals surface area contributed by atoms with Crippen LogP contribution in [-0.2, 0) is 15.0 Å². The Bertz CT molecular complexity index is 207. The van der Waals surface area contributed by atoms with Crippen LogP contribution in [0.25, 0.3) is 0 Å². The third-order valence-corrected chi connectivity index (χ3v) is 0.912. The van der Waals surface area contributed by atoms with Crippen molar-refractivity contribution >= 4 is 16.4 Å². The fraction of sp³-hybridized carbons (Fsp3) is 0.667. The van der Waals surface area contributed by atoms with Crippen LogP contribution in [0, 0.1) is 0 Å². The number of ether oxygens (including phenoxy) is 1. The van der Waals surface area contributed by atoms with Gasteiger partial charge in [0.25, 0.3) is 0 Å². The maximum atomic E-state index is 10.2. The molecule has 0 aliphatic carbocycles. The second-order valence-electron chi connectivity index (χ2n) is 1.30. The van der Waals surface area contributed by atoms with E-state index in [-0.39, 0.29) is 6.61 Å². The molecular formula is C3H7NO5S. The molecule has 2 N–H and O–H groups in total. The fourth-order valence-corrected chi connectivity index (χ4v) is 0.535. The van der Waals surface area contributed by atoms with Gasteiger partial charge in [-0.25, -0.2) is 4.79 Å². The first-order valence-corrected chi connectivity index (χ1v) is 3.81. The van der Waals surface area contributed by atoms with Gasteiger partial charge in [0, 0.05) is 0 Å². The summed E-state index contributed by atoms with van der Waals surface area (Å²) in [4.78, 5) is 10.2. The summed E-state index contributed by atoms with van der Waals surface area (Å²) in [5.74, 6) is 0. The molecule has 0 aromatic rings. The summed E-state index contributed by atoms with van der Waals surface area (Å²) in [5.41, 5.74) is 0. The summed E-state index contributed by atoms with van der Waals surface area (Å²) < 4.78 is 33.0. The quantitative estimate of drug-likeness (QED) is 0.545. The summed E-state index contributed by atoms with van der Waals surface area (Å²) >= 11 is 0. The van der Waals surface area contributed by atoms with E-state index in [0.29, 0.717) is 0 Å². The van der Waals surface area contributed by atoms with Crippen molar-refractivity contribution in [2.24, 2.45) is 0 Å². The SMILES string of the molecule is CCOC(=O)NS(=O)(=O)O. The standard InChI is InChI=1S/C3H7NO5S/c1-2-9-3(5)4-10(6,7)8/h2H2,1H3,(H,4,5)(H,6,7,8). The predicted molar refractivity (Wildman–Crippen MR) is 31.7 cm³/mol. The summed E-state index contributed by atoms with van der Waals surface area (Å²) in [6.07, 6.45) is -1.19. The van der Waals surface area contributed by atoms with Gasteiger partial charge in [0.15, 0.2) is 0 Å². The Morgan fingerprint density at radius 1 is 1.70 bits per heavy atom. The van der Waals surface area contributed by atoms with Gasteiger partial charge in [0.2, 0.25) is 0 Å². The summed E-state index contributed by atoms with van der Waals surface area (Å²) in [6.45, 7) is 1.55.